The van der Waals surface area contributed by atoms with Crippen molar-refractivity contribution in [1.29, 1.82) is 0 Å². The number of hydrogen-bond acceptors (Lipinski definition) is 3. The summed E-state index contributed by atoms with van der Waals surface area (Å²) in [5, 5.41) is 8.93. The molecule has 1 rings (SSSR count). The molecule has 0 spiro atoms. The molecule has 1 aliphatic rings. The number of aliphatic hydroxyl groups is 1. The van der Waals surface area contributed by atoms with Crippen LogP contribution in [0.1, 0.15) is 26.7 Å². The van der Waals surface area contributed by atoms with Gasteiger partial charge in [-0.15, -0.1) is 0 Å². The first-order valence-corrected chi connectivity index (χ1v) is 4.10. The van der Waals surface area contributed by atoms with Gasteiger partial charge < -0.3 is 14.6 Å². The molecule has 0 radical (unpaired) electrons. The third-order valence-electron chi connectivity index (χ3n) is 2.01. The minimum atomic E-state index is -0.361. The molecule has 0 bridgehead atoms. The van der Waals surface area contributed by atoms with Gasteiger partial charge in [-0.3, -0.25) is 0 Å². The summed E-state index contributed by atoms with van der Waals surface area (Å²) in [4.78, 5) is 0. The molecule has 0 aromatic rings. The zero-order valence-corrected chi connectivity index (χ0v) is 7.17. The molecular formula is C8H16O3. The molecule has 3 nitrogen and oxygen atoms in total. The van der Waals surface area contributed by atoms with E-state index in [-0.39, 0.29) is 18.5 Å². The summed E-state index contributed by atoms with van der Waals surface area (Å²) in [6.07, 6.45) is 1.68. The molecule has 1 aliphatic heterocycles. The van der Waals surface area contributed by atoms with Crippen molar-refractivity contribution in [1.82, 2.24) is 0 Å². The minimum Gasteiger partial charge on any atom is -0.393 e. The Hall–Kier alpha value is -0.120. The van der Waals surface area contributed by atoms with E-state index in [1.54, 1.807) is 0 Å². The van der Waals surface area contributed by atoms with Gasteiger partial charge >= 0.3 is 0 Å². The predicted molar refractivity (Wildman–Crippen MR) is 41.2 cm³/mol. The van der Waals surface area contributed by atoms with Gasteiger partial charge in [0.05, 0.1) is 12.2 Å². The Labute approximate surface area is 67.3 Å². The second kappa shape index (κ2) is 3.52. The first-order chi connectivity index (χ1) is 5.20. The number of ether oxygens (including phenoxy) is 2. The first kappa shape index (κ1) is 8.97. The molecule has 0 saturated carbocycles. The summed E-state index contributed by atoms with van der Waals surface area (Å²) in [6, 6.07) is 0. The van der Waals surface area contributed by atoms with E-state index >= 15 is 0 Å². The van der Waals surface area contributed by atoms with E-state index in [2.05, 4.69) is 0 Å². The van der Waals surface area contributed by atoms with Crippen molar-refractivity contribution in [3.8, 4) is 0 Å². The highest BCUT2D eigenvalue weighted by molar-refractivity contribution is 4.80. The van der Waals surface area contributed by atoms with Gasteiger partial charge in [-0.05, 0) is 20.3 Å². The summed E-state index contributed by atoms with van der Waals surface area (Å²) in [7, 11) is 0. The zero-order valence-electron chi connectivity index (χ0n) is 7.17. The summed E-state index contributed by atoms with van der Waals surface area (Å²) >= 11 is 0. The number of aliphatic hydroxyl groups excluding tert-OH is 1. The molecular weight excluding hydrogens is 144 g/mol. The molecule has 1 saturated heterocycles. The van der Waals surface area contributed by atoms with Gasteiger partial charge in [0.1, 0.15) is 0 Å². The van der Waals surface area contributed by atoms with Crippen LogP contribution in [0.15, 0.2) is 0 Å². The fraction of sp³-hybridized carbons (Fsp3) is 1.00. The Morgan fingerprint density at radius 2 is 2.45 bits per heavy atom. The zero-order chi connectivity index (χ0) is 8.32. The Morgan fingerprint density at radius 3 is 2.91 bits per heavy atom. The normalized spacial score (nSPS) is 37.9. The van der Waals surface area contributed by atoms with Crippen molar-refractivity contribution in [2.75, 3.05) is 13.2 Å². The summed E-state index contributed by atoms with van der Waals surface area (Å²) < 4.78 is 10.7. The van der Waals surface area contributed by atoms with Crippen molar-refractivity contribution in [3.05, 3.63) is 0 Å². The SMILES string of the molecule is CCOC1CCC(C)(CO)O1. The largest absolute Gasteiger partial charge is 0.393 e. The smallest absolute Gasteiger partial charge is 0.158 e. The maximum absolute atomic E-state index is 8.93. The van der Waals surface area contributed by atoms with Crippen LogP contribution in [0.4, 0.5) is 0 Å². The fourth-order valence-electron chi connectivity index (χ4n) is 1.28. The van der Waals surface area contributed by atoms with Crippen molar-refractivity contribution >= 4 is 0 Å². The third kappa shape index (κ3) is 2.15. The number of rotatable bonds is 3. The minimum absolute atomic E-state index is 0.0799. The van der Waals surface area contributed by atoms with Gasteiger partial charge in [0.25, 0.3) is 0 Å². The molecule has 0 aromatic carbocycles. The predicted octanol–water partition coefficient (Wildman–Crippen LogP) is 0.910. The van der Waals surface area contributed by atoms with Crippen LogP contribution < -0.4 is 0 Å². The van der Waals surface area contributed by atoms with Crippen molar-refractivity contribution in [2.45, 2.75) is 38.6 Å². The van der Waals surface area contributed by atoms with Gasteiger partial charge in [0.15, 0.2) is 6.29 Å². The lowest BCUT2D eigenvalue weighted by molar-refractivity contribution is -0.170. The lowest BCUT2D eigenvalue weighted by Crippen LogP contribution is -2.30. The van der Waals surface area contributed by atoms with E-state index in [4.69, 9.17) is 14.6 Å². The summed E-state index contributed by atoms with van der Waals surface area (Å²) in [6.45, 7) is 4.60. The van der Waals surface area contributed by atoms with E-state index in [9.17, 15) is 0 Å². The van der Waals surface area contributed by atoms with Crippen LogP contribution in [-0.4, -0.2) is 30.2 Å². The highest BCUT2D eigenvalue weighted by Crippen LogP contribution is 2.29. The topological polar surface area (TPSA) is 38.7 Å². The van der Waals surface area contributed by atoms with Crippen LogP contribution in [0, 0.1) is 0 Å². The van der Waals surface area contributed by atoms with E-state index in [0.29, 0.717) is 6.61 Å². The quantitative estimate of drug-likeness (QED) is 0.667. The molecule has 0 amide bonds. The number of hydrogen-bond donors (Lipinski definition) is 1. The van der Waals surface area contributed by atoms with Crippen LogP contribution in [-0.2, 0) is 9.47 Å². The molecule has 66 valence electrons. The molecule has 11 heavy (non-hydrogen) atoms. The Balaban J connectivity index is 2.33. The maximum Gasteiger partial charge on any atom is 0.158 e. The maximum atomic E-state index is 8.93. The monoisotopic (exact) mass is 160 g/mol. The van der Waals surface area contributed by atoms with Crippen molar-refractivity contribution in [2.24, 2.45) is 0 Å². The highest BCUT2D eigenvalue weighted by atomic mass is 16.7. The van der Waals surface area contributed by atoms with Gasteiger partial charge in [0, 0.05) is 13.0 Å². The molecule has 1 fully saturated rings. The molecule has 1 N–H and O–H groups in total. The van der Waals surface area contributed by atoms with Crippen LogP contribution in [0.5, 0.6) is 0 Å². The summed E-state index contributed by atoms with van der Waals surface area (Å²) in [5.74, 6) is 0. The van der Waals surface area contributed by atoms with E-state index < -0.39 is 0 Å². The average Bonchev–Trinajstić information content (AvgIpc) is 2.35. The molecule has 2 atom stereocenters. The lowest BCUT2D eigenvalue weighted by Gasteiger charge is -2.21. The molecule has 0 aromatic heterocycles. The highest BCUT2D eigenvalue weighted by Gasteiger charge is 2.35. The Kier molecular flexibility index (Phi) is 2.87. The van der Waals surface area contributed by atoms with E-state index in [0.717, 1.165) is 12.8 Å². The molecule has 2 unspecified atom stereocenters. The molecule has 0 aliphatic carbocycles. The third-order valence-corrected chi connectivity index (χ3v) is 2.01. The second-order valence-corrected chi connectivity index (χ2v) is 3.15. The standard InChI is InChI=1S/C8H16O3/c1-3-10-7-4-5-8(2,6-9)11-7/h7,9H,3-6H2,1-2H3. The lowest BCUT2D eigenvalue weighted by atomic mass is 10.1. The van der Waals surface area contributed by atoms with Crippen LogP contribution in [0.3, 0.4) is 0 Å². The Morgan fingerprint density at radius 1 is 1.73 bits per heavy atom. The average molecular weight is 160 g/mol. The molecule has 3 heteroatoms. The van der Waals surface area contributed by atoms with Crippen LogP contribution in [0.2, 0.25) is 0 Å². The van der Waals surface area contributed by atoms with Gasteiger partial charge in [-0.2, -0.15) is 0 Å². The van der Waals surface area contributed by atoms with Crippen molar-refractivity contribution < 1.29 is 14.6 Å². The second-order valence-electron chi connectivity index (χ2n) is 3.15. The summed E-state index contributed by atoms with van der Waals surface area (Å²) in [5.41, 5.74) is -0.361. The van der Waals surface area contributed by atoms with Crippen molar-refractivity contribution in [3.63, 3.8) is 0 Å². The first-order valence-electron chi connectivity index (χ1n) is 4.10. The van der Waals surface area contributed by atoms with Gasteiger partial charge in [0.2, 0.25) is 0 Å². The van der Waals surface area contributed by atoms with Crippen LogP contribution in [0.25, 0.3) is 0 Å². The van der Waals surface area contributed by atoms with Gasteiger partial charge in [-0.1, -0.05) is 0 Å². The Bertz CT molecular complexity index is 127. The van der Waals surface area contributed by atoms with E-state index in [1.165, 1.54) is 0 Å². The molecule has 1 heterocycles. The van der Waals surface area contributed by atoms with Crippen LogP contribution >= 0.6 is 0 Å². The van der Waals surface area contributed by atoms with E-state index in [1.807, 2.05) is 13.8 Å². The fourth-order valence-corrected chi connectivity index (χ4v) is 1.28. The van der Waals surface area contributed by atoms with Gasteiger partial charge in [-0.25, -0.2) is 0 Å².